The molecule has 0 spiro atoms. The van der Waals surface area contributed by atoms with Gasteiger partial charge in [-0.3, -0.25) is 4.90 Å². The highest BCUT2D eigenvalue weighted by Gasteiger charge is 2.29. The Morgan fingerprint density at radius 2 is 2.10 bits per heavy atom. The Hall–Kier alpha value is -1.84. The van der Waals surface area contributed by atoms with Gasteiger partial charge in [0.25, 0.3) is 0 Å². The third-order valence-corrected chi connectivity index (χ3v) is 3.23. The molecule has 2 rings (SSSR count). The molecule has 0 radical (unpaired) electrons. The Bertz CT molecular complexity index is 560. The number of amides is 1. The number of allylic oxidation sites excluding steroid dienone is 1. The van der Waals surface area contributed by atoms with E-state index in [0.717, 1.165) is 12.1 Å². The molecule has 3 nitrogen and oxygen atoms in total. The molecule has 0 aliphatic carbocycles. The molecule has 0 N–H and O–H groups in total. The fourth-order valence-electron chi connectivity index (χ4n) is 2.32. The topological polar surface area (TPSA) is 29.5 Å². The maximum atomic E-state index is 13.4. The van der Waals surface area contributed by atoms with Gasteiger partial charge in [-0.2, -0.15) is 0 Å². The molecule has 1 aliphatic heterocycles. The van der Waals surface area contributed by atoms with Crippen LogP contribution in [0.2, 0.25) is 0 Å². The third-order valence-electron chi connectivity index (χ3n) is 3.23. The molecule has 0 fully saturated rings. The van der Waals surface area contributed by atoms with Crippen molar-refractivity contribution in [1.82, 2.24) is 4.90 Å². The second-order valence-corrected chi connectivity index (χ2v) is 6.53. The Balaban J connectivity index is 2.30. The van der Waals surface area contributed by atoms with Crippen LogP contribution < -0.4 is 0 Å². The average Bonchev–Trinajstić information content (AvgIpc) is 2.36. The van der Waals surface area contributed by atoms with Crippen molar-refractivity contribution in [3.8, 4) is 0 Å². The minimum atomic E-state index is -0.551. The van der Waals surface area contributed by atoms with Crippen LogP contribution in [-0.2, 0) is 4.74 Å². The van der Waals surface area contributed by atoms with Gasteiger partial charge in [-0.15, -0.1) is 0 Å². The average molecular weight is 291 g/mol. The molecule has 0 aromatic heterocycles. The number of hydrogen-bond acceptors (Lipinski definition) is 2. The van der Waals surface area contributed by atoms with Gasteiger partial charge in [0.15, 0.2) is 0 Å². The van der Waals surface area contributed by atoms with Crippen molar-refractivity contribution >= 4 is 11.8 Å². The van der Waals surface area contributed by atoms with E-state index in [1.54, 1.807) is 11.0 Å². The van der Waals surface area contributed by atoms with Crippen molar-refractivity contribution in [2.45, 2.75) is 39.7 Å². The lowest BCUT2D eigenvalue weighted by Gasteiger charge is -2.33. The zero-order valence-corrected chi connectivity index (χ0v) is 13.0. The molecule has 114 valence electrons. The zero-order valence-electron chi connectivity index (χ0n) is 13.0. The summed E-state index contributed by atoms with van der Waals surface area (Å²) >= 11 is 0. The highest BCUT2D eigenvalue weighted by Crippen LogP contribution is 2.29. The predicted octanol–water partition coefficient (Wildman–Crippen LogP) is 4.44. The molecule has 0 saturated heterocycles. The molecular formula is C17H22FNO2. The molecule has 1 aliphatic rings. The molecule has 1 aromatic carbocycles. The van der Waals surface area contributed by atoms with E-state index in [0.29, 0.717) is 18.0 Å². The lowest BCUT2D eigenvalue weighted by molar-refractivity contribution is 0.0327. The number of rotatable bonds is 1. The molecule has 1 aromatic rings. The summed E-state index contributed by atoms with van der Waals surface area (Å²) in [4.78, 5) is 14.0. The van der Waals surface area contributed by atoms with Crippen LogP contribution in [0.3, 0.4) is 0 Å². The number of nitrogens with zero attached hydrogens (tertiary/aromatic N) is 1. The van der Waals surface area contributed by atoms with Crippen molar-refractivity contribution < 1.29 is 13.9 Å². The van der Waals surface area contributed by atoms with E-state index in [2.05, 4.69) is 6.92 Å². The quantitative estimate of drug-likeness (QED) is 0.765. The molecule has 4 heteroatoms. The Morgan fingerprint density at radius 1 is 1.38 bits per heavy atom. The monoisotopic (exact) mass is 291 g/mol. The summed E-state index contributed by atoms with van der Waals surface area (Å²) in [5.41, 5.74) is 0.875. The SMILES string of the molecule is C[C@H]1CC=C(c2cccc(F)c2)N(C(=O)OC(C)(C)C)C1. The molecule has 1 amide bonds. The Kier molecular flexibility index (Phi) is 4.35. The first kappa shape index (κ1) is 15.5. The van der Waals surface area contributed by atoms with Crippen molar-refractivity contribution in [3.63, 3.8) is 0 Å². The number of hydrogen-bond donors (Lipinski definition) is 0. The smallest absolute Gasteiger partial charge is 0.414 e. The maximum Gasteiger partial charge on any atom is 0.414 e. The summed E-state index contributed by atoms with van der Waals surface area (Å²) in [6.07, 6.45) is 2.46. The summed E-state index contributed by atoms with van der Waals surface area (Å²) in [5, 5.41) is 0. The third kappa shape index (κ3) is 4.06. The van der Waals surface area contributed by atoms with Gasteiger partial charge < -0.3 is 4.74 Å². The molecule has 1 atom stereocenters. The largest absolute Gasteiger partial charge is 0.443 e. The summed E-state index contributed by atoms with van der Waals surface area (Å²) in [7, 11) is 0. The minimum Gasteiger partial charge on any atom is -0.443 e. The highest BCUT2D eigenvalue weighted by molar-refractivity contribution is 5.82. The van der Waals surface area contributed by atoms with Crippen LogP contribution >= 0.6 is 0 Å². The van der Waals surface area contributed by atoms with Crippen LogP contribution in [0, 0.1) is 11.7 Å². The second kappa shape index (κ2) is 5.88. The van der Waals surface area contributed by atoms with E-state index >= 15 is 0 Å². The van der Waals surface area contributed by atoms with Gasteiger partial charge in [-0.25, -0.2) is 9.18 Å². The van der Waals surface area contributed by atoms with E-state index in [9.17, 15) is 9.18 Å². The van der Waals surface area contributed by atoms with Crippen molar-refractivity contribution in [3.05, 3.63) is 41.7 Å². The number of carbonyl (C=O) groups is 1. The lowest BCUT2D eigenvalue weighted by Crippen LogP contribution is -2.39. The summed E-state index contributed by atoms with van der Waals surface area (Å²) in [6, 6.07) is 6.30. The summed E-state index contributed by atoms with van der Waals surface area (Å²) in [6.45, 7) is 8.17. The minimum absolute atomic E-state index is 0.309. The number of ether oxygens (including phenoxy) is 1. The lowest BCUT2D eigenvalue weighted by atomic mass is 9.98. The van der Waals surface area contributed by atoms with Gasteiger partial charge in [0, 0.05) is 12.1 Å². The van der Waals surface area contributed by atoms with Crippen LogP contribution in [-0.4, -0.2) is 23.1 Å². The van der Waals surface area contributed by atoms with Crippen LogP contribution in [0.1, 0.15) is 39.7 Å². The number of halogens is 1. The fourth-order valence-corrected chi connectivity index (χ4v) is 2.32. The first-order valence-electron chi connectivity index (χ1n) is 7.23. The fraction of sp³-hybridized carbons (Fsp3) is 0.471. The molecule has 0 bridgehead atoms. The van der Waals surface area contributed by atoms with E-state index in [1.165, 1.54) is 12.1 Å². The van der Waals surface area contributed by atoms with Crippen molar-refractivity contribution in [2.75, 3.05) is 6.54 Å². The number of benzene rings is 1. The first-order chi connectivity index (χ1) is 9.76. The first-order valence-corrected chi connectivity index (χ1v) is 7.23. The molecule has 21 heavy (non-hydrogen) atoms. The van der Waals surface area contributed by atoms with Gasteiger partial charge in [0.1, 0.15) is 11.4 Å². The van der Waals surface area contributed by atoms with E-state index in [-0.39, 0.29) is 11.9 Å². The zero-order chi connectivity index (χ0) is 15.6. The van der Waals surface area contributed by atoms with Gasteiger partial charge >= 0.3 is 6.09 Å². The van der Waals surface area contributed by atoms with Crippen LogP contribution in [0.4, 0.5) is 9.18 Å². The Morgan fingerprint density at radius 3 is 2.71 bits per heavy atom. The van der Waals surface area contributed by atoms with Gasteiger partial charge in [-0.1, -0.05) is 25.1 Å². The van der Waals surface area contributed by atoms with E-state index < -0.39 is 5.60 Å². The number of carbonyl (C=O) groups excluding carboxylic acids is 1. The van der Waals surface area contributed by atoms with Crippen molar-refractivity contribution in [2.24, 2.45) is 5.92 Å². The van der Waals surface area contributed by atoms with E-state index in [1.807, 2.05) is 32.9 Å². The molecule has 0 unspecified atom stereocenters. The van der Waals surface area contributed by atoms with E-state index in [4.69, 9.17) is 4.74 Å². The summed E-state index contributed by atoms with van der Waals surface area (Å²) in [5.74, 6) is 0.0472. The Labute approximate surface area is 125 Å². The summed E-state index contributed by atoms with van der Waals surface area (Å²) < 4.78 is 18.9. The normalized spacial score (nSPS) is 19.2. The second-order valence-electron chi connectivity index (χ2n) is 6.53. The van der Waals surface area contributed by atoms with Crippen molar-refractivity contribution in [1.29, 1.82) is 0 Å². The van der Waals surface area contributed by atoms with Crippen LogP contribution in [0.25, 0.3) is 5.70 Å². The van der Waals surface area contributed by atoms with Gasteiger partial charge in [0.2, 0.25) is 0 Å². The molecule has 1 heterocycles. The molecule has 0 saturated carbocycles. The predicted molar refractivity (Wildman–Crippen MR) is 81.1 cm³/mol. The van der Waals surface area contributed by atoms with Crippen LogP contribution in [0.15, 0.2) is 30.3 Å². The maximum absolute atomic E-state index is 13.4. The van der Waals surface area contributed by atoms with Crippen LogP contribution in [0.5, 0.6) is 0 Å². The van der Waals surface area contributed by atoms with Gasteiger partial charge in [0.05, 0.1) is 5.70 Å². The standard InChI is InChI=1S/C17H22FNO2/c1-12-8-9-15(13-6-5-7-14(18)10-13)19(11-12)16(20)21-17(2,3)4/h5-7,9-10,12H,8,11H2,1-4H3/t12-/m0/s1. The highest BCUT2D eigenvalue weighted by atomic mass is 19.1. The molecular weight excluding hydrogens is 269 g/mol. The van der Waals surface area contributed by atoms with Gasteiger partial charge in [-0.05, 0) is 45.2 Å².